The van der Waals surface area contributed by atoms with Crippen LogP contribution in [-0.2, 0) is 6.54 Å². The quantitative estimate of drug-likeness (QED) is 0.908. The summed E-state index contributed by atoms with van der Waals surface area (Å²) in [6.07, 6.45) is 0. The van der Waals surface area contributed by atoms with Gasteiger partial charge < -0.3 is 9.52 Å². The van der Waals surface area contributed by atoms with Crippen molar-refractivity contribution in [2.24, 2.45) is 0 Å². The van der Waals surface area contributed by atoms with Crippen molar-refractivity contribution in [3.8, 4) is 0 Å². The Balaban J connectivity index is 2.51. The zero-order chi connectivity index (χ0) is 14.9. The number of rotatable bonds is 5. The van der Waals surface area contributed by atoms with E-state index < -0.39 is 5.97 Å². The molecule has 4 nitrogen and oxygen atoms in total. The number of aromatic carboxylic acids is 1. The van der Waals surface area contributed by atoms with E-state index in [4.69, 9.17) is 21.1 Å². The van der Waals surface area contributed by atoms with Crippen molar-refractivity contribution in [1.82, 2.24) is 4.90 Å². The normalized spacial score (nSPS) is 11.4. The van der Waals surface area contributed by atoms with Crippen LogP contribution in [-0.4, -0.2) is 29.1 Å². The molecule has 1 aromatic heterocycles. The summed E-state index contributed by atoms with van der Waals surface area (Å²) >= 11 is 6.22. The van der Waals surface area contributed by atoms with Crippen molar-refractivity contribution in [2.45, 2.75) is 27.3 Å². The second kappa shape index (κ2) is 5.85. The molecule has 0 radical (unpaired) electrons. The molecule has 2 rings (SSSR count). The van der Waals surface area contributed by atoms with Gasteiger partial charge in [-0.1, -0.05) is 25.4 Å². The second-order valence-corrected chi connectivity index (χ2v) is 5.18. The molecule has 0 amide bonds. The second-order valence-electron chi connectivity index (χ2n) is 4.78. The summed E-state index contributed by atoms with van der Waals surface area (Å²) in [4.78, 5) is 13.4. The number of hydrogen-bond acceptors (Lipinski definition) is 3. The van der Waals surface area contributed by atoms with Gasteiger partial charge in [-0.05, 0) is 37.7 Å². The Kier molecular flexibility index (Phi) is 4.35. The smallest absolute Gasteiger partial charge is 0.372 e. The monoisotopic (exact) mass is 295 g/mol. The molecule has 0 saturated carbocycles. The molecular weight excluding hydrogens is 278 g/mol. The van der Waals surface area contributed by atoms with Crippen LogP contribution in [0.15, 0.2) is 16.5 Å². The number of halogens is 1. The van der Waals surface area contributed by atoms with Gasteiger partial charge in [-0.3, -0.25) is 4.90 Å². The molecular formula is C15H18ClNO3. The van der Waals surface area contributed by atoms with Crippen LogP contribution in [0.4, 0.5) is 0 Å². The summed E-state index contributed by atoms with van der Waals surface area (Å²) in [6.45, 7) is 8.65. The van der Waals surface area contributed by atoms with Crippen LogP contribution in [0.25, 0.3) is 11.0 Å². The Hall–Kier alpha value is -1.52. The Morgan fingerprint density at radius 3 is 2.55 bits per heavy atom. The van der Waals surface area contributed by atoms with Crippen LogP contribution in [0.2, 0.25) is 5.02 Å². The molecule has 0 aliphatic rings. The predicted molar refractivity (Wildman–Crippen MR) is 79.5 cm³/mol. The van der Waals surface area contributed by atoms with E-state index in [2.05, 4.69) is 18.7 Å². The number of nitrogens with zero attached hydrogens (tertiary/aromatic N) is 1. The number of aryl methyl sites for hydroxylation is 1. The van der Waals surface area contributed by atoms with Crippen molar-refractivity contribution in [2.75, 3.05) is 13.1 Å². The highest BCUT2D eigenvalue weighted by Gasteiger charge is 2.19. The first-order valence-electron chi connectivity index (χ1n) is 6.65. The van der Waals surface area contributed by atoms with Gasteiger partial charge in [0, 0.05) is 17.5 Å². The standard InChI is InChI=1S/C15H18ClNO3/c1-4-17(5-2)8-10-6-11-9(3)13(15(18)19)20-14(11)12(16)7-10/h6-7H,4-5,8H2,1-3H3,(H,18,19). The van der Waals surface area contributed by atoms with E-state index in [-0.39, 0.29) is 5.76 Å². The number of carboxylic acids is 1. The maximum absolute atomic E-state index is 11.1. The Labute approximate surface area is 122 Å². The largest absolute Gasteiger partial charge is 0.475 e. The first-order chi connectivity index (χ1) is 9.47. The first-order valence-corrected chi connectivity index (χ1v) is 7.02. The third kappa shape index (κ3) is 2.67. The molecule has 0 unspecified atom stereocenters. The summed E-state index contributed by atoms with van der Waals surface area (Å²) in [6, 6.07) is 3.81. The lowest BCUT2D eigenvalue weighted by Gasteiger charge is -2.18. The van der Waals surface area contributed by atoms with E-state index in [9.17, 15) is 4.79 Å². The van der Waals surface area contributed by atoms with Crippen molar-refractivity contribution >= 4 is 28.5 Å². The van der Waals surface area contributed by atoms with Crippen LogP contribution in [0.1, 0.15) is 35.5 Å². The highest BCUT2D eigenvalue weighted by molar-refractivity contribution is 6.35. The third-order valence-corrected chi connectivity index (χ3v) is 3.83. The minimum absolute atomic E-state index is 0.0399. The van der Waals surface area contributed by atoms with E-state index in [0.29, 0.717) is 16.2 Å². The van der Waals surface area contributed by atoms with Gasteiger partial charge in [0.25, 0.3) is 0 Å². The lowest BCUT2D eigenvalue weighted by molar-refractivity contribution is 0.0664. The predicted octanol–water partition coefficient (Wildman–Crippen LogP) is 3.93. The van der Waals surface area contributed by atoms with Gasteiger partial charge in [-0.2, -0.15) is 0 Å². The fourth-order valence-electron chi connectivity index (χ4n) is 2.33. The molecule has 2 aromatic rings. The summed E-state index contributed by atoms with van der Waals surface area (Å²) in [5, 5.41) is 10.3. The average molecular weight is 296 g/mol. The maximum Gasteiger partial charge on any atom is 0.372 e. The topological polar surface area (TPSA) is 53.7 Å². The molecule has 20 heavy (non-hydrogen) atoms. The van der Waals surface area contributed by atoms with Gasteiger partial charge in [0.1, 0.15) is 0 Å². The molecule has 0 saturated heterocycles. The third-order valence-electron chi connectivity index (χ3n) is 3.55. The van der Waals surface area contributed by atoms with Crippen LogP contribution in [0.5, 0.6) is 0 Å². The SMILES string of the molecule is CCN(CC)Cc1cc(Cl)c2oc(C(=O)O)c(C)c2c1. The summed E-state index contributed by atoms with van der Waals surface area (Å²) in [5.74, 6) is -1.11. The Morgan fingerprint density at radius 1 is 1.35 bits per heavy atom. The molecule has 0 atom stereocenters. The van der Waals surface area contributed by atoms with Crippen molar-refractivity contribution < 1.29 is 14.3 Å². The van der Waals surface area contributed by atoms with Crippen LogP contribution < -0.4 is 0 Å². The minimum Gasteiger partial charge on any atom is -0.475 e. The van der Waals surface area contributed by atoms with Crippen molar-refractivity contribution in [3.05, 3.63) is 34.0 Å². The van der Waals surface area contributed by atoms with Gasteiger partial charge in [-0.25, -0.2) is 4.79 Å². The van der Waals surface area contributed by atoms with Gasteiger partial charge in [0.2, 0.25) is 5.76 Å². The number of fused-ring (bicyclic) bond motifs is 1. The number of carboxylic acid groups (broad SMARTS) is 1. The average Bonchev–Trinajstić information content (AvgIpc) is 2.74. The number of hydrogen-bond donors (Lipinski definition) is 1. The van der Waals surface area contributed by atoms with E-state index in [1.54, 1.807) is 6.92 Å². The highest BCUT2D eigenvalue weighted by atomic mass is 35.5. The van der Waals surface area contributed by atoms with E-state index in [1.165, 1.54) is 0 Å². The molecule has 1 heterocycles. The molecule has 5 heteroatoms. The Morgan fingerprint density at radius 2 is 2.00 bits per heavy atom. The van der Waals surface area contributed by atoms with Crippen molar-refractivity contribution in [1.29, 1.82) is 0 Å². The van der Waals surface area contributed by atoms with Crippen molar-refractivity contribution in [3.63, 3.8) is 0 Å². The van der Waals surface area contributed by atoms with E-state index in [1.807, 2.05) is 12.1 Å². The van der Waals surface area contributed by atoms with Gasteiger partial charge in [0.15, 0.2) is 5.58 Å². The maximum atomic E-state index is 11.1. The number of benzene rings is 1. The molecule has 0 spiro atoms. The number of furan rings is 1. The van der Waals surface area contributed by atoms with Gasteiger partial charge in [-0.15, -0.1) is 0 Å². The first kappa shape index (κ1) is 14.9. The minimum atomic E-state index is -1.07. The summed E-state index contributed by atoms with van der Waals surface area (Å²) in [5.41, 5.74) is 2.13. The summed E-state index contributed by atoms with van der Waals surface area (Å²) in [7, 11) is 0. The molecule has 1 N–H and O–H groups in total. The molecule has 108 valence electrons. The number of carbonyl (C=O) groups is 1. The zero-order valence-corrected chi connectivity index (χ0v) is 12.6. The van der Waals surface area contributed by atoms with Crippen LogP contribution in [0, 0.1) is 6.92 Å². The molecule has 0 bridgehead atoms. The van der Waals surface area contributed by atoms with E-state index >= 15 is 0 Å². The molecule has 1 aromatic carbocycles. The highest BCUT2D eigenvalue weighted by Crippen LogP contribution is 2.32. The van der Waals surface area contributed by atoms with E-state index in [0.717, 1.165) is 30.6 Å². The fraction of sp³-hybridized carbons (Fsp3) is 0.400. The van der Waals surface area contributed by atoms with Gasteiger partial charge >= 0.3 is 5.97 Å². The molecule has 0 aliphatic carbocycles. The summed E-state index contributed by atoms with van der Waals surface area (Å²) < 4.78 is 5.36. The Bertz CT molecular complexity index is 644. The van der Waals surface area contributed by atoms with Gasteiger partial charge in [0.05, 0.1) is 5.02 Å². The molecule has 0 fully saturated rings. The lowest BCUT2D eigenvalue weighted by atomic mass is 10.1. The van der Waals surface area contributed by atoms with Crippen LogP contribution >= 0.6 is 11.6 Å². The van der Waals surface area contributed by atoms with Crippen LogP contribution in [0.3, 0.4) is 0 Å². The lowest BCUT2D eigenvalue weighted by Crippen LogP contribution is -2.22. The zero-order valence-electron chi connectivity index (χ0n) is 11.9. The molecule has 0 aliphatic heterocycles. The fourth-order valence-corrected chi connectivity index (χ4v) is 2.61.